The molecule has 0 atom stereocenters. The Morgan fingerprint density at radius 3 is 2.63 bits per heavy atom. The van der Waals surface area contributed by atoms with E-state index in [-0.39, 0.29) is 16.6 Å². The van der Waals surface area contributed by atoms with Gasteiger partial charge < -0.3 is 14.5 Å². The van der Waals surface area contributed by atoms with E-state index in [4.69, 9.17) is 9.15 Å². The molecule has 1 saturated heterocycles. The van der Waals surface area contributed by atoms with E-state index in [1.807, 2.05) is 0 Å². The van der Waals surface area contributed by atoms with Crippen LogP contribution in [0.1, 0.15) is 36.4 Å². The van der Waals surface area contributed by atoms with Gasteiger partial charge in [0.15, 0.2) is 5.76 Å². The zero-order valence-corrected chi connectivity index (χ0v) is 16.8. The molecule has 1 N–H and O–H groups in total. The predicted molar refractivity (Wildman–Crippen MR) is 102 cm³/mol. The van der Waals surface area contributed by atoms with Crippen molar-refractivity contribution in [3.8, 4) is 0 Å². The van der Waals surface area contributed by atoms with Gasteiger partial charge in [0, 0.05) is 30.6 Å². The van der Waals surface area contributed by atoms with Crippen molar-refractivity contribution in [2.24, 2.45) is 5.92 Å². The summed E-state index contributed by atoms with van der Waals surface area (Å²) in [5, 5.41) is 3.49. The summed E-state index contributed by atoms with van der Waals surface area (Å²) in [4.78, 5) is 12.6. The number of carbonyl (C=O) groups excluding carboxylic acids is 1. The fourth-order valence-electron chi connectivity index (χ4n) is 3.07. The summed E-state index contributed by atoms with van der Waals surface area (Å²) in [5.74, 6) is 0.451. The molecule has 7 nitrogen and oxygen atoms in total. The van der Waals surface area contributed by atoms with Crippen LogP contribution in [-0.2, 0) is 14.8 Å². The van der Waals surface area contributed by atoms with E-state index in [1.54, 1.807) is 19.1 Å². The second-order valence-corrected chi connectivity index (χ2v) is 9.11. The number of rotatable bonds is 6. The predicted octanol–water partition coefficient (Wildman–Crippen LogP) is 2.54. The van der Waals surface area contributed by atoms with Crippen LogP contribution in [0.5, 0.6) is 0 Å². The van der Waals surface area contributed by atoms with Crippen LogP contribution in [0.15, 0.2) is 27.5 Å². The molecule has 1 aromatic heterocycles. The molecule has 1 aliphatic heterocycles. The van der Waals surface area contributed by atoms with Crippen LogP contribution in [0, 0.1) is 12.8 Å². The number of ether oxygens (including phenoxy) is 1. The molecule has 1 aliphatic rings. The van der Waals surface area contributed by atoms with Crippen molar-refractivity contribution in [1.82, 2.24) is 9.62 Å². The Morgan fingerprint density at radius 2 is 1.96 bits per heavy atom. The number of hydrogen-bond acceptors (Lipinski definition) is 5. The van der Waals surface area contributed by atoms with Gasteiger partial charge >= 0.3 is 0 Å². The highest BCUT2D eigenvalue weighted by atomic mass is 32.2. The van der Waals surface area contributed by atoms with Crippen molar-refractivity contribution in [2.45, 2.75) is 32.1 Å². The van der Waals surface area contributed by atoms with Crippen molar-refractivity contribution in [3.05, 3.63) is 29.5 Å². The van der Waals surface area contributed by atoms with Crippen molar-refractivity contribution >= 4 is 26.9 Å². The van der Waals surface area contributed by atoms with Crippen LogP contribution < -0.4 is 5.32 Å². The minimum absolute atomic E-state index is 0.201. The van der Waals surface area contributed by atoms with Crippen LogP contribution in [0.2, 0.25) is 0 Å². The average molecular weight is 394 g/mol. The Balaban J connectivity index is 1.87. The molecule has 0 spiro atoms. The molecule has 1 aromatic carbocycles. The summed E-state index contributed by atoms with van der Waals surface area (Å²) in [6, 6.07) is 4.72. The van der Waals surface area contributed by atoms with E-state index >= 15 is 0 Å². The summed E-state index contributed by atoms with van der Waals surface area (Å²) in [7, 11) is -3.59. The Hall–Kier alpha value is -1.90. The molecule has 0 radical (unpaired) electrons. The molecule has 0 saturated carbocycles. The summed E-state index contributed by atoms with van der Waals surface area (Å²) < 4.78 is 38.0. The number of hydrogen-bond donors (Lipinski definition) is 1. The Labute approximate surface area is 159 Å². The number of nitrogens with one attached hydrogen (secondary N) is 1. The normalized spacial score (nSPS) is 16.1. The number of nitrogens with zero attached hydrogens (tertiary/aromatic N) is 1. The molecule has 2 aromatic rings. The van der Waals surface area contributed by atoms with E-state index in [9.17, 15) is 13.2 Å². The maximum Gasteiger partial charge on any atom is 0.287 e. The number of benzene rings is 1. The smallest absolute Gasteiger partial charge is 0.287 e. The van der Waals surface area contributed by atoms with E-state index in [1.165, 1.54) is 10.4 Å². The summed E-state index contributed by atoms with van der Waals surface area (Å²) in [6.45, 7) is 8.00. The average Bonchev–Trinajstić information content (AvgIpc) is 2.98. The minimum Gasteiger partial charge on any atom is -0.451 e. The number of carbonyl (C=O) groups is 1. The fraction of sp³-hybridized carbons (Fsp3) is 0.526. The van der Waals surface area contributed by atoms with Crippen LogP contribution in [-0.4, -0.2) is 51.5 Å². The van der Waals surface area contributed by atoms with Gasteiger partial charge in [-0.3, -0.25) is 4.79 Å². The maximum atomic E-state index is 12.8. The van der Waals surface area contributed by atoms with Crippen molar-refractivity contribution in [3.63, 3.8) is 0 Å². The Morgan fingerprint density at radius 1 is 1.26 bits per heavy atom. The standard InChI is InChI=1S/C19H26N2O5S/c1-13(2)6-7-20-19(22)18-14(3)16-12-15(4-5-17(16)26-18)27(23,24)21-8-10-25-11-9-21/h4-5,12-13H,6-11H2,1-3H3,(H,20,22). The topological polar surface area (TPSA) is 88.8 Å². The second-order valence-electron chi connectivity index (χ2n) is 7.17. The first-order valence-corrected chi connectivity index (χ1v) is 10.6. The van der Waals surface area contributed by atoms with E-state index in [0.717, 1.165) is 6.42 Å². The lowest BCUT2D eigenvalue weighted by molar-refractivity contribution is 0.0730. The van der Waals surface area contributed by atoms with Gasteiger partial charge in [-0.15, -0.1) is 0 Å². The van der Waals surface area contributed by atoms with Gasteiger partial charge in [0.1, 0.15) is 5.58 Å². The monoisotopic (exact) mass is 394 g/mol. The molecule has 27 heavy (non-hydrogen) atoms. The van der Waals surface area contributed by atoms with E-state index in [0.29, 0.717) is 55.3 Å². The Bertz CT molecular complexity index is 927. The molecule has 3 rings (SSSR count). The number of sulfonamides is 1. The SMILES string of the molecule is Cc1c(C(=O)NCCC(C)C)oc2ccc(S(=O)(=O)N3CCOCC3)cc12. The molecule has 0 unspecified atom stereocenters. The molecule has 8 heteroatoms. The molecular formula is C19H26N2O5S. The van der Waals surface area contributed by atoms with Crippen LogP contribution in [0.25, 0.3) is 11.0 Å². The third-order valence-corrected chi connectivity index (χ3v) is 6.62. The zero-order chi connectivity index (χ0) is 19.6. The van der Waals surface area contributed by atoms with Gasteiger partial charge in [0.05, 0.1) is 18.1 Å². The molecule has 0 bridgehead atoms. The third kappa shape index (κ3) is 4.17. The first kappa shape index (κ1) is 19.9. The van der Waals surface area contributed by atoms with Crippen molar-refractivity contribution in [2.75, 3.05) is 32.8 Å². The van der Waals surface area contributed by atoms with Gasteiger partial charge in [-0.25, -0.2) is 8.42 Å². The zero-order valence-electron chi connectivity index (χ0n) is 15.9. The van der Waals surface area contributed by atoms with Crippen LogP contribution in [0.3, 0.4) is 0 Å². The van der Waals surface area contributed by atoms with Crippen LogP contribution in [0.4, 0.5) is 0 Å². The van der Waals surface area contributed by atoms with Gasteiger partial charge in [-0.1, -0.05) is 13.8 Å². The van der Waals surface area contributed by atoms with E-state index < -0.39 is 10.0 Å². The molecule has 1 fully saturated rings. The highest BCUT2D eigenvalue weighted by Crippen LogP contribution is 2.29. The third-order valence-electron chi connectivity index (χ3n) is 4.73. The van der Waals surface area contributed by atoms with Crippen LogP contribution >= 0.6 is 0 Å². The maximum absolute atomic E-state index is 12.8. The lowest BCUT2D eigenvalue weighted by atomic mass is 10.1. The molecule has 1 amide bonds. The highest BCUT2D eigenvalue weighted by molar-refractivity contribution is 7.89. The molecule has 148 valence electrons. The van der Waals surface area contributed by atoms with E-state index in [2.05, 4.69) is 19.2 Å². The lowest BCUT2D eigenvalue weighted by Crippen LogP contribution is -2.40. The lowest BCUT2D eigenvalue weighted by Gasteiger charge is -2.26. The number of aryl methyl sites for hydroxylation is 1. The molecule has 0 aliphatic carbocycles. The summed E-state index contributed by atoms with van der Waals surface area (Å²) >= 11 is 0. The summed E-state index contributed by atoms with van der Waals surface area (Å²) in [5.41, 5.74) is 1.15. The second kappa shape index (κ2) is 8.00. The first-order chi connectivity index (χ1) is 12.8. The highest BCUT2D eigenvalue weighted by Gasteiger charge is 2.27. The number of amides is 1. The number of furan rings is 1. The van der Waals surface area contributed by atoms with Gasteiger partial charge in [-0.2, -0.15) is 4.31 Å². The largest absolute Gasteiger partial charge is 0.451 e. The van der Waals surface area contributed by atoms with Crippen molar-refractivity contribution in [1.29, 1.82) is 0 Å². The van der Waals surface area contributed by atoms with Gasteiger partial charge in [0.25, 0.3) is 5.91 Å². The first-order valence-electron chi connectivity index (χ1n) is 9.20. The van der Waals surface area contributed by atoms with Crippen molar-refractivity contribution < 1.29 is 22.4 Å². The number of fused-ring (bicyclic) bond motifs is 1. The van der Waals surface area contributed by atoms with Gasteiger partial charge in [-0.05, 0) is 37.5 Å². The quantitative estimate of drug-likeness (QED) is 0.813. The fourth-order valence-corrected chi connectivity index (χ4v) is 4.50. The molecular weight excluding hydrogens is 368 g/mol. The number of morpholine rings is 1. The molecule has 2 heterocycles. The Kier molecular flexibility index (Phi) is 5.88. The minimum atomic E-state index is -3.59. The van der Waals surface area contributed by atoms with Gasteiger partial charge in [0.2, 0.25) is 10.0 Å². The summed E-state index contributed by atoms with van der Waals surface area (Å²) in [6.07, 6.45) is 0.882.